The Morgan fingerprint density at radius 2 is 1.41 bits per heavy atom. The molecule has 0 unspecified atom stereocenters. The van der Waals surface area contributed by atoms with Crippen molar-refractivity contribution in [3.63, 3.8) is 0 Å². The van der Waals surface area contributed by atoms with Gasteiger partial charge < -0.3 is 49.7 Å². The van der Waals surface area contributed by atoms with E-state index in [1.807, 2.05) is 0 Å². The van der Waals surface area contributed by atoms with Crippen molar-refractivity contribution in [2.24, 2.45) is 0 Å². The molecule has 1 aromatic carbocycles. The minimum Gasteiger partial charge on any atom is -0.394 e. The van der Waals surface area contributed by atoms with Crippen LogP contribution in [0.3, 0.4) is 0 Å². The lowest BCUT2D eigenvalue weighted by Gasteiger charge is -2.50. The Kier molecular flexibility index (Phi) is 10.5. The number of hydrogen-bond acceptors (Lipinski definition) is 14. The molecule has 1 aromatic rings. The van der Waals surface area contributed by atoms with Crippen LogP contribution in [0, 0.1) is 10.1 Å². The molecule has 3 amide bonds. The fraction of sp³-hybridized carbons (Fsp3) is 0.625. The monoisotopic (exact) mass is 587 g/mol. The molecule has 0 aliphatic carbocycles. The van der Waals surface area contributed by atoms with E-state index in [0.29, 0.717) is 4.90 Å². The van der Waals surface area contributed by atoms with E-state index in [0.717, 1.165) is 37.8 Å². The standard InChI is InChI=1S/C24H33N3O14/c1-10(30)25(11(2)31)18-20(34)19(33)15(8-28)40-24(18)41-22-16(9-29)39-23(36)17(21(22)35)26(12(3)32)13-4-6-14(7-5-13)27(37)38/h4-7,15-24,28-29,33-36H,8-9H2,1-3H3/t15-,16-,17-,18-,19-,20-,21-,22-,23-,24+/m1/s1. The summed E-state index contributed by atoms with van der Waals surface area (Å²) in [5.74, 6) is -2.44. The lowest BCUT2D eigenvalue weighted by Crippen LogP contribution is -2.70. The lowest BCUT2D eigenvalue weighted by molar-refractivity contribution is -0.384. The average molecular weight is 588 g/mol. The SMILES string of the molecule is CC(=O)N(C(C)=O)[C@H]1[C@H](O[C@H]2[C@H](O)[C@@H](N(C(C)=O)c3ccc([N+](=O)[O-])cc3)[C@H](O)O[C@@H]2CO)O[C@H](CO)[C@@H](O)[C@@H]1O. The second-order valence-corrected chi connectivity index (χ2v) is 9.60. The van der Waals surface area contributed by atoms with Crippen LogP contribution in [-0.4, -0.2) is 133 Å². The molecule has 228 valence electrons. The third-order valence-corrected chi connectivity index (χ3v) is 6.93. The van der Waals surface area contributed by atoms with E-state index < -0.39 is 97.1 Å². The predicted molar refractivity (Wildman–Crippen MR) is 134 cm³/mol. The molecule has 41 heavy (non-hydrogen) atoms. The second-order valence-electron chi connectivity index (χ2n) is 9.60. The normalized spacial score (nSPS) is 33.6. The third kappa shape index (κ3) is 6.53. The van der Waals surface area contributed by atoms with Crippen LogP contribution in [0.2, 0.25) is 0 Å². The van der Waals surface area contributed by atoms with E-state index in [9.17, 15) is 55.1 Å². The summed E-state index contributed by atoms with van der Waals surface area (Å²) >= 11 is 0. The van der Waals surface area contributed by atoms with E-state index in [4.69, 9.17) is 14.2 Å². The van der Waals surface area contributed by atoms with Crippen molar-refractivity contribution in [1.82, 2.24) is 4.90 Å². The molecule has 17 nitrogen and oxygen atoms in total. The zero-order valence-electron chi connectivity index (χ0n) is 22.3. The maximum atomic E-state index is 12.7. The van der Waals surface area contributed by atoms with Gasteiger partial charge in [-0.3, -0.25) is 29.4 Å². The summed E-state index contributed by atoms with van der Waals surface area (Å²) in [5.41, 5.74) is -0.263. The van der Waals surface area contributed by atoms with Gasteiger partial charge in [-0.15, -0.1) is 0 Å². The predicted octanol–water partition coefficient (Wildman–Crippen LogP) is -3.03. The van der Waals surface area contributed by atoms with Crippen molar-refractivity contribution >= 4 is 29.1 Å². The lowest BCUT2D eigenvalue weighted by atomic mass is 9.93. The zero-order chi connectivity index (χ0) is 30.8. The van der Waals surface area contributed by atoms with Gasteiger partial charge in [-0.25, -0.2) is 0 Å². The number of carbonyl (C=O) groups is 3. The van der Waals surface area contributed by atoms with Crippen LogP contribution in [0.4, 0.5) is 11.4 Å². The highest BCUT2D eigenvalue weighted by Gasteiger charge is 2.54. The van der Waals surface area contributed by atoms with Crippen molar-refractivity contribution < 1.29 is 64.2 Å². The van der Waals surface area contributed by atoms with Gasteiger partial charge in [0.1, 0.15) is 48.7 Å². The van der Waals surface area contributed by atoms with E-state index >= 15 is 0 Å². The molecule has 3 rings (SSSR count). The molecule has 0 aromatic heterocycles. The number of nitro benzene ring substituents is 1. The third-order valence-electron chi connectivity index (χ3n) is 6.93. The fourth-order valence-corrected chi connectivity index (χ4v) is 5.06. The number of hydrogen-bond donors (Lipinski definition) is 6. The Balaban J connectivity index is 2.02. The van der Waals surface area contributed by atoms with Crippen molar-refractivity contribution in [2.45, 2.75) is 82.1 Å². The molecule has 2 aliphatic rings. The van der Waals surface area contributed by atoms with Crippen LogP contribution < -0.4 is 4.90 Å². The summed E-state index contributed by atoms with van der Waals surface area (Å²) in [4.78, 5) is 49.1. The highest BCUT2D eigenvalue weighted by molar-refractivity contribution is 5.93. The van der Waals surface area contributed by atoms with Gasteiger partial charge in [0, 0.05) is 38.6 Å². The van der Waals surface area contributed by atoms with Crippen LogP contribution >= 0.6 is 0 Å². The van der Waals surface area contributed by atoms with Crippen LogP contribution in [0.25, 0.3) is 0 Å². The molecule has 0 radical (unpaired) electrons. The van der Waals surface area contributed by atoms with Gasteiger partial charge in [-0.05, 0) is 12.1 Å². The summed E-state index contributed by atoms with van der Waals surface area (Å²) in [6, 6.07) is 1.28. The van der Waals surface area contributed by atoms with Crippen molar-refractivity contribution in [1.29, 1.82) is 0 Å². The fourth-order valence-electron chi connectivity index (χ4n) is 5.06. The Labute approximate surface area is 233 Å². The Morgan fingerprint density at radius 3 is 1.88 bits per heavy atom. The smallest absolute Gasteiger partial charge is 0.269 e. The summed E-state index contributed by atoms with van der Waals surface area (Å²) in [5, 5.41) is 74.0. The first-order valence-electron chi connectivity index (χ1n) is 12.5. The number of aliphatic hydroxyl groups excluding tert-OH is 6. The highest BCUT2D eigenvalue weighted by Crippen LogP contribution is 2.34. The Bertz CT molecular complexity index is 1110. The molecule has 2 heterocycles. The number of aliphatic hydroxyl groups is 6. The molecule has 10 atom stereocenters. The number of imide groups is 1. The number of amides is 3. The molecular weight excluding hydrogens is 554 g/mol. The topological polar surface area (TPSA) is 250 Å². The van der Waals surface area contributed by atoms with Crippen LogP contribution in [0.5, 0.6) is 0 Å². The van der Waals surface area contributed by atoms with E-state index in [1.165, 1.54) is 12.1 Å². The Morgan fingerprint density at radius 1 is 0.854 bits per heavy atom. The van der Waals surface area contributed by atoms with Gasteiger partial charge in [0.2, 0.25) is 17.7 Å². The van der Waals surface area contributed by atoms with Gasteiger partial charge in [0.15, 0.2) is 12.6 Å². The molecule has 17 heteroatoms. The number of benzene rings is 1. The molecule has 0 spiro atoms. The van der Waals surface area contributed by atoms with Crippen molar-refractivity contribution in [3.8, 4) is 0 Å². The minimum absolute atomic E-state index is 0.0287. The van der Waals surface area contributed by atoms with Crippen LogP contribution in [-0.2, 0) is 28.6 Å². The van der Waals surface area contributed by atoms with Gasteiger partial charge >= 0.3 is 0 Å². The number of ether oxygens (including phenoxy) is 3. The molecule has 0 saturated carbocycles. The minimum atomic E-state index is -1.91. The molecule has 6 N–H and O–H groups in total. The highest BCUT2D eigenvalue weighted by atomic mass is 16.7. The van der Waals surface area contributed by atoms with Gasteiger partial charge in [0.05, 0.1) is 18.1 Å². The number of anilines is 1. The van der Waals surface area contributed by atoms with Gasteiger partial charge in [-0.2, -0.15) is 0 Å². The number of carbonyl (C=O) groups excluding carboxylic acids is 3. The first kappa shape index (κ1) is 32.4. The van der Waals surface area contributed by atoms with E-state index in [2.05, 4.69) is 0 Å². The number of nitrogens with zero attached hydrogens (tertiary/aromatic N) is 3. The van der Waals surface area contributed by atoms with Crippen molar-refractivity contribution in [3.05, 3.63) is 34.4 Å². The van der Waals surface area contributed by atoms with E-state index in [1.54, 1.807) is 0 Å². The Hall–Kier alpha value is -3.13. The molecule has 2 aliphatic heterocycles. The van der Waals surface area contributed by atoms with Crippen LogP contribution in [0.15, 0.2) is 24.3 Å². The quantitative estimate of drug-likeness (QED) is 0.131. The number of rotatable bonds is 8. The number of nitro groups is 1. The summed E-state index contributed by atoms with van der Waals surface area (Å²) in [6.45, 7) is 1.43. The maximum Gasteiger partial charge on any atom is 0.269 e. The molecular formula is C24H33N3O14. The summed E-state index contributed by atoms with van der Waals surface area (Å²) in [7, 11) is 0. The summed E-state index contributed by atoms with van der Waals surface area (Å²) in [6.07, 6.45) is -13.9. The molecule has 2 fully saturated rings. The van der Waals surface area contributed by atoms with Gasteiger partial charge in [0.25, 0.3) is 5.69 Å². The summed E-state index contributed by atoms with van der Waals surface area (Å²) < 4.78 is 16.9. The largest absolute Gasteiger partial charge is 0.394 e. The number of non-ortho nitro benzene ring substituents is 1. The van der Waals surface area contributed by atoms with E-state index in [-0.39, 0.29) is 11.4 Å². The van der Waals surface area contributed by atoms with Crippen molar-refractivity contribution in [2.75, 3.05) is 18.1 Å². The van der Waals surface area contributed by atoms with Crippen LogP contribution in [0.1, 0.15) is 20.8 Å². The first-order chi connectivity index (χ1) is 19.2. The van der Waals surface area contributed by atoms with Gasteiger partial charge in [-0.1, -0.05) is 0 Å². The maximum absolute atomic E-state index is 12.7. The average Bonchev–Trinajstić information content (AvgIpc) is 2.90. The molecule has 0 bridgehead atoms. The molecule has 2 saturated heterocycles. The zero-order valence-corrected chi connectivity index (χ0v) is 22.3. The first-order valence-corrected chi connectivity index (χ1v) is 12.5. The second kappa shape index (κ2) is 13.2.